The topological polar surface area (TPSA) is 55.4 Å². The maximum Gasteiger partial charge on any atom is 0.328 e. The van der Waals surface area contributed by atoms with E-state index in [1.165, 1.54) is 7.11 Å². The molecule has 0 radical (unpaired) electrons. The second kappa shape index (κ2) is 6.71. The number of fused-ring (bicyclic) bond motifs is 2. The molecule has 1 amide bonds. The first kappa shape index (κ1) is 16.0. The van der Waals surface area contributed by atoms with Gasteiger partial charge in [0.25, 0.3) is 5.91 Å². The fraction of sp³-hybridized carbons (Fsp3) is 0.200. The number of esters is 1. The molecule has 0 fully saturated rings. The van der Waals surface area contributed by atoms with Gasteiger partial charge in [-0.15, -0.1) is 0 Å². The minimum Gasteiger partial charge on any atom is -0.467 e. The van der Waals surface area contributed by atoms with Gasteiger partial charge in [-0.25, -0.2) is 4.79 Å². The molecule has 0 heterocycles. The molecule has 0 unspecified atom stereocenters. The Bertz CT molecular complexity index is 863. The minimum atomic E-state index is -0.653. The van der Waals surface area contributed by atoms with E-state index < -0.39 is 12.0 Å². The van der Waals surface area contributed by atoms with Crippen molar-refractivity contribution in [3.63, 3.8) is 0 Å². The lowest BCUT2D eigenvalue weighted by Crippen LogP contribution is -2.41. The highest BCUT2D eigenvalue weighted by Gasteiger charge is 2.22. The molecule has 122 valence electrons. The molecule has 3 aromatic rings. The van der Waals surface area contributed by atoms with Crippen molar-refractivity contribution in [2.75, 3.05) is 7.11 Å². The van der Waals surface area contributed by atoms with Gasteiger partial charge in [0.15, 0.2) is 0 Å². The zero-order valence-electron chi connectivity index (χ0n) is 13.7. The normalized spacial score (nSPS) is 12.1. The van der Waals surface area contributed by atoms with Crippen LogP contribution in [-0.4, -0.2) is 25.0 Å². The number of nitrogens with one attached hydrogen (secondary N) is 1. The van der Waals surface area contributed by atoms with Crippen molar-refractivity contribution in [2.24, 2.45) is 0 Å². The minimum absolute atomic E-state index is 0.264. The van der Waals surface area contributed by atoms with Gasteiger partial charge in [0, 0.05) is 0 Å². The van der Waals surface area contributed by atoms with E-state index in [0.717, 1.165) is 21.5 Å². The summed E-state index contributed by atoms with van der Waals surface area (Å²) in [5.74, 6) is -0.698. The summed E-state index contributed by atoms with van der Waals surface area (Å²) in [5.41, 5.74) is 0.589. The number of rotatable bonds is 4. The zero-order chi connectivity index (χ0) is 17.1. The quantitative estimate of drug-likeness (QED) is 0.589. The van der Waals surface area contributed by atoms with Gasteiger partial charge in [-0.1, -0.05) is 55.5 Å². The van der Waals surface area contributed by atoms with Gasteiger partial charge in [-0.2, -0.15) is 0 Å². The van der Waals surface area contributed by atoms with Crippen LogP contribution in [0.2, 0.25) is 0 Å². The van der Waals surface area contributed by atoms with Crippen molar-refractivity contribution in [1.29, 1.82) is 0 Å². The Morgan fingerprint density at radius 2 is 1.54 bits per heavy atom. The Balaban J connectivity index is 2.15. The molecule has 1 atom stereocenters. The number of hydrogen-bond donors (Lipinski definition) is 1. The third kappa shape index (κ3) is 2.83. The number of methoxy groups -OCH3 is 1. The Kier molecular flexibility index (Phi) is 4.47. The molecule has 0 spiro atoms. The third-order valence-corrected chi connectivity index (χ3v) is 4.20. The number of ether oxygens (including phenoxy) is 1. The lowest BCUT2D eigenvalue weighted by Gasteiger charge is -2.17. The number of benzene rings is 3. The largest absolute Gasteiger partial charge is 0.467 e. The lowest BCUT2D eigenvalue weighted by molar-refractivity contribution is -0.142. The van der Waals surface area contributed by atoms with Crippen molar-refractivity contribution < 1.29 is 14.3 Å². The standard InChI is InChI=1S/C20H19NO3/c1-3-17(20(23)24-2)21-19(22)18-15-10-6-4-8-13(15)12-14-9-5-7-11-16(14)18/h4-12,17H,3H2,1-2H3,(H,21,22)/t17-/m0/s1. The van der Waals surface area contributed by atoms with Crippen LogP contribution in [0.25, 0.3) is 21.5 Å². The molecule has 0 aliphatic carbocycles. The summed E-state index contributed by atoms with van der Waals surface area (Å²) in [5, 5.41) is 6.53. The average Bonchev–Trinajstić information content (AvgIpc) is 2.63. The van der Waals surface area contributed by atoms with Crippen LogP contribution < -0.4 is 5.32 Å². The molecule has 3 rings (SSSR count). The van der Waals surface area contributed by atoms with Gasteiger partial charge >= 0.3 is 5.97 Å². The molecule has 0 saturated heterocycles. The molecule has 1 N–H and O–H groups in total. The van der Waals surface area contributed by atoms with E-state index in [9.17, 15) is 9.59 Å². The van der Waals surface area contributed by atoms with Crippen molar-refractivity contribution in [2.45, 2.75) is 19.4 Å². The van der Waals surface area contributed by atoms with Gasteiger partial charge in [0.05, 0.1) is 12.7 Å². The second-order valence-electron chi connectivity index (χ2n) is 5.65. The van der Waals surface area contributed by atoms with E-state index in [2.05, 4.69) is 11.4 Å². The summed E-state index contributed by atoms with van der Waals surface area (Å²) >= 11 is 0. The number of carbonyl (C=O) groups excluding carboxylic acids is 2. The van der Waals surface area contributed by atoms with Crippen molar-refractivity contribution >= 4 is 33.4 Å². The predicted molar refractivity (Wildman–Crippen MR) is 95.0 cm³/mol. The summed E-state index contributed by atoms with van der Waals surface area (Å²) < 4.78 is 4.76. The van der Waals surface area contributed by atoms with Crippen molar-refractivity contribution in [3.8, 4) is 0 Å². The molecular formula is C20H19NO3. The van der Waals surface area contributed by atoms with Crippen molar-refractivity contribution in [3.05, 3.63) is 60.2 Å². The van der Waals surface area contributed by atoms with E-state index in [0.29, 0.717) is 12.0 Å². The Labute approximate surface area is 140 Å². The molecule has 0 aliphatic rings. The molecule has 4 nitrogen and oxygen atoms in total. The summed E-state index contributed by atoms with van der Waals surface area (Å²) in [6.45, 7) is 1.84. The van der Waals surface area contributed by atoms with Gasteiger partial charge in [-0.05, 0) is 34.0 Å². The second-order valence-corrected chi connectivity index (χ2v) is 5.65. The van der Waals surface area contributed by atoms with Gasteiger partial charge in [0.2, 0.25) is 0 Å². The van der Waals surface area contributed by atoms with Gasteiger partial charge < -0.3 is 10.1 Å². The van der Waals surface area contributed by atoms with E-state index >= 15 is 0 Å². The van der Waals surface area contributed by atoms with Crippen LogP contribution in [0.15, 0.2) is 54.6 Å². The van der Waals surface area contributed by atoms with Gasteiger partial charge in [-0.3, -0.25) is 4.79 Å². The Morgan fingerprint density at radius 1 is 1.00 bits per heavy atom. The highest BCUT2D eigenvalue weighted by atomic mass is 16.5. The summed E-state index contributed by atoms with van der Waals surface area (Å²) in [6, 6.07) is 16.9. The SMILES string of the molecule is CC[C@H](NC(=O)c1c2ccccc2cc2ccccc12)C(=O)OC. The van der Waals surface area contributed by atoms with Gasteiger partial charge in [0.1, 0.15) is 6.04 Å². The summed E-state index contributed by atoms with van der Waals surface area (Å²) in [7, 11) is 1.32. The molecule has 3 aromatic carbocycles. The first-order valence-electron chi connectivity index (χ1n) is 7.95. The van der Waals surface area contributed by atoms with Crippen LogP contribution in [0, 0.1) is 0 Å². The van der Waals surface area contributed by atoms with Crippen molar-refractivity contribution in [1.82, 2.24) is 5.32 Å². The zero-order valence-corrected chi connectivity index (χ0v) is 13.7. The average molecular weight is 321 g/mol. The van der Waals surface area contributed by atoms with Crippen LogP contribution in [-0.2, 0) is 9.53 Å². The monoisotopic (exact) mass is 321 g/mol. The van der Waals surface area contributed by atoms with Crippen LogP contribution in [0.3, 0.4) is 0 Å². The van der Waals surface area contributed by atoms with E-state index in [4.69, 9.17) is 4.74 Å². The maximum absolute atomic E-state index is 12.9. The lowest BCUT2D eigenvalue weighted by atomic mass is 9.96. The smallest absolute Gasteiger partial charge is 0.328 e. The molecule has 0 bridgehead atoms. The predicted octanol–water partition coefficient (Wildman–Crippen LogP) is 3.67. The van der Waals surface area contributed by atoms with Crippen LogP contribution >= 0.6 is 0 Å². The first-order valence-corrected chi connectivity index (χ1v) is 7.95. The summed E-state index contributed by atoms with van der Waals surface area (Å²) in [6.07, 6.45) is 0.473. The molecule has 0 aliphatic heterocycles. The number of carbonyl (C=O) groups is 2. The first-order chi connectivity index (χ1) is 11.7. The van der Waals surface area contributed by atoms with E-state index in [1.807, 2.05) is 55.5 Å². The maximum atomic E-state index is 12.9. The number of hydrogen-bond acceptors (Lipinski definition) is 3. The third-order valence-electron chi connectivity index (χ3n) is 4.20. The Hall–Kier alpha value is -2.88. The molecule has 4 heteroatoms. The van der Waals surface area contributed by atoms with E-state index in [1.54, 1.807) is 0 Å². The number of amides is 1. The van der Waals surface area contributed by atoms with Crippen LogP contribution in [0.1, 0.15) is 23.7 Å². The van der Waals surface area contributed by atoms with Crippen LogP contribution in [0.4, 0.5) is 0 Å². The Morgan fingerprint density at radius 3 is 2.04 bits per heavy atom. The summed E-state index contributed by atoms with van der Waals surface area (Å²) in [4.78, 5) is 24.7. The highest BCUT2D eigenvalue weighted by Crippen LogP contribution is 2.28. The highest BCUT2D eigenvalue weighted by molar-refractivity contribution is 6.18. The fourth-order valence-electron chi connectivity index (χ4n) is 2.96. The molecule has 24 heavy (non-hydrogen) atoms. The molecular weight excluding hydrogens is 302 g/mol. The molecule has 0 aromatic heterocycles. The fourth-order valence-corrected chi connectivity index (χ4v) is 2.96. The molecule has 0 saturated carbocycles. The van der Waals surface area contributed by atoms with Crippen LogP contribution in [0.5, 0.6) is 0 Å². The van der Waals surface area contributed by atoms with E-state index in [-0.39, 0.29) is 5.91 Å².